The average Bonchev–Trinajstić information content (AvgIpc) is 2.32. The van der Waals surface area contributed by atoms with E-state index in [0.717, 1.165) is 12.1 Å². The summed E-state index contributed by atoms with van der Waals surface area (Å²) in [4.78, 5) is 9.89. The second-order valence-corrected chi connectivity index (χ2v) is 6.34. The lowest BCUT2D eigenvalue weighted by atomic mass is 9.90. The van der Waals surface area contributed by atoms with Gasteiger partial charge in [0, 0.05) is 19.2 Å². The van der Waals surface area contributed by atoms with Crippen molar-refractivity contribution in [3.63, 3.8) is 0 Å². The fourth-order valence-electron chi connectivity index (χ4n) is 2.01. The van der Waals surface area contributed by atoms with Gasteiger partial charge < -0.3 is 10.5 Å². The highest BCUT2D eigenvalue weighted by Gasteiger charge is 2.33. The molecule has 0 heterocycles. The minimum atomic E-state index is -3.73. The molecule has 20 heavy (non-hydrogen) atoms. The lowest BCUT2D eigenvalue weighted by molar-refractivity contribution is -0.383. The minimum absolute atomic E-state index is 0.0737. The van der Waals surface area contributed by atoms with Gasteiger partial charge in [-0.25, -0.2) is 13.1 Å². The average molecular weight is 301 g/mol. The van der Waals surface area contributed by atoms with E-state index in [4.69, 9.17) is 10.5 Å². The van der Waals surface area contributed by atoms with Crippen molar-refractivity contribution in [2.75, 3.05) is 12.8 Å². The van der Waals surface area contributed by atoms with Crippen molar-refractivity contribution in [1.82, 2.24) is 4.72 Å². The molecule has 0 unspecified atom stereocenters. The third-order valence-corrected chi connectivity index (χ3v) is 4.77. The van der Waals surface area contributed by atoms with E-state index in [0.29, 0.717) is 12.8 Å². The summed E-state index contributed by atoms with van der Waals surface area (Å²) in [6.07, 6.45) is 1.29. The minimum Gasteiger partial charge on any atom is -0.393 e. The van der Waals surface area contributed by atoms with Crippen LogP contribution in [0.2, 0.25) is 0 Å². The largest absolute Gasteiger partial charge is 0.393 e. The summed E-state index contributed by atoms with van der Waals surface area (Å²) in [6.45, 7) is 0. The topological polar surface area (TPSA) is 125 Å². The van der Waals surface area contributed by atoms with E-state index in [2.05, 4.69) is 4.72 Å². The van der Waals surface area contributed by atoms with Gasteiger partial charge in [-0.2, -0.15) is 0 Å². The van der Waals surface area contributed by atoms with Gasteiger partial charge in [0.25, 0.3) is 5.69 Å². The number of nitrogens with two attached hydrogens (primary N) is 1. The Labute approximate surface area is 116 Å². The van der Waals surface area contributed by atoms with Crippen LogP contribution in [0, 0.1) is 10.1 Å². The van der Waals surface area contributed by atoms with Crippen LogP contribution in [0.15, 0.2) is 23.1 Å². The van der Waals surface area contributed by atoms with Crippen LogP contribution in [0.4, 0.5) is 11.4 Å². The molecular formula is C11H15N3O5S. The lowest BCUT2D eigenvalue weighted by Gasteiger charge is -2.34. The van der Waals surface area contributed by atoms with Crippen molar-refractivity contribution in [3.05, 3.63) is 28.3 Å². The molecule has 1 aliphatic carbocycles. The number of methoxy groups -OCH3 is 1. The van der Waals surface area contributed by atoms with Gasteiger partial charge >= 0.3 is 0 Å². The molecule has 0 radical (unpaired) electrons. The first-order valence-electron chi connectivity index (χ1n) is 5.92. The normalized spacial score (nSPS) is 22.2. The van der Waals surface area contributed by atoms with Gasteiger partial charge in [0.2, 0.25) is 10.0 Å². The molecule has 0 spiro atoms. The van der Waals surface area contributed by atoms with Crippen LogP contribution in [0.5, 0.6) is 0 Å². The summed E-state index contributed by atoms with van der Waals surface area (Å²) in [5.74, 6) is 0. The van der Waals surface area contributed by atoms with Crippen LogP contribution in [-0.2, 0) is 14.8 Å². The maximum atomic E-state index is 12.1. The van der Waals surface area contributed by atoms with E-state index in [1.807, 2.05) is 0 Å². The Morgan fingerprint density at radius 1 is 1.45 bits per heavy atom. The molecule has 0 bridgehead atoms. The van der Waals surface area contributed by atoms with Crippen LogP contribution >= 0.6 is 0 Å². The summed E-state index contributed by atoms with van der Waals surface area (Å²) in [5.41, 5.74) is 4.99. The molecule has 0 saturated heterocycles. The molecule has 110 valence electrons. The molecule has 1 aromatic carbocycles. The Bertz CT molecular complexity index is 625. The Balaban J connectivity index is 2.14. The number of rotatable bonds is 5. The maximum Gasteiger partial charge on any atom is 0.292 e. The van der Waals surface area contributed by atoms with Crippen LogP contribution < -0.4 is 10.5 Å². The number of nitro benzene ring substituents is 1. The van der Waals surface area contributed by atoms with Crippen LogP contribution in [0.1, 0.15) is 12.8 Å². The van der Waals surface area contributed by atoms with Crippen molar-refractivity contribution >= 4 is 21.4 Å². The number of nitrogens with one attached hydrogen (secondary N) is 1. The van der Waals surface area contributed by atoms with Gasteiger partial charge in [0.1, 0.15) is 5.69 Å². The number of nitro groups is 1. The van der Waals surface area contributed by atoms with Gasteiger partial charge in [-0.1, -0.05) is 0 Å². The van der Waals surface area contributed by atoms with Crippen LogP contribution in [0.25, 0.3) is 0 Å². The van der Waals surface area contributed by atoms with Crippen molar-refractivity contribution in [3.8, 4) is 0 Å². The zero-order valence-electron chi connectivity index (χ0n) is 10.8. The van der Waals surface area contributed by atoms with Crippen LogP contribution in [-0.4, -0.2) is 32.6 Å². The predicted molar refractivity (Wildman–Crippen MR) is 71.6 cm³/mol. The number of ether oxygens (including phenoxy) is 1. The summed E-state index contributed by atoms with van der Waals surface area (Å²) >= 11 is 0. The van der Waals surface area contributed by atoms with E-state index in [9.17, 15) is 18.5 Å². The second-order valence-electron chi connectivity index (χ2n) is 4.63. The first kappa shape index (κ1) is 14.7. The van der Waals surface area contributed by atoms with Gasteiger partial charge in [-0.3, -0.25) is 10.1 Å². The Morgan fingerprint density at radius 3 is 2.60 bits per heavy atom. The quantitative estimate of drug-likeness (QED) is 0.467. The van der Waals surface area contributed by atoms with Crippen molar-refractivity contribution in [2.24, 2.45) is 0 Å². The number of nitrogens with zero attached hydrogens (tertiary/aromatic N) is 1. The molecule has 1 fully saturated rings. The molecular weight excluding hydrogens is 286 g/mol. The highest BCUT2D eigenvalue weighted by Crippen LogP contribution is 2.27. The zero-order chi connectivity index (χ0) is 14.9. The number of benzene rings is 1. The number of hydrogen-bond donors (Lipinski definition) is 2. The van der Waals surface area contributed by atoms with Gasteiger partial charge in [0.05, 0.1) is 15.9 Å². The fraction of sp³-hybridized carbons (Fsp3) is 0.455. The molecule has 1 aliphatic rings. The Kier molecular flexibility index (Phi) is 3.93. The maximum absolute atomic E-state index is 12.1. The van der Waals surface area contributed by atoms with Crippen LogP contribution in [0.3, 0.4) is 0 Å². The molecule has 2 rings (SSSR count). The highest BCUT2D eigenvalue weighted by molar-refractivity contribution is 7.89. The summed E-state index contributed by atoms with van der Waals surface area (Å²) in [6, 6.07) is 3.17. The summed E-state index contributed by atoms with van der Waals surface area (Å²) in [5, 5.41) is 10.6. The van der Waals surface area contributed by atoms with Crippen molar-refractivity contribution in [2.45, 2.75) is 29.9 Å². The molecule has 3 N–H and O–H groups in total. The third kappa shape index (κ3) is 2.89. The predicted octanol–water partition coefficient (Wildman–Crippen LogP) is 0.633. The SMILES string of the molecule is COC1CC(NS(=O)(=O)c2ccc([N+](=O)[O-])c(N)c2)C1. The standard InChI is InChI=1S/C11H15N3O5S/c1-19-8-4-7(5-8)13-20(17,18)9-2-3-11(14(15)16)10(12)6-9/h2-3,6-8,13H,4-5,12H2,1H3. The Morgan fingerprint density at radius 2 is 2.10 bits per heavy atom. The van der Waals surface area contributed by atoms with E-state index >= 15 is 0 Å². The van der Waals surface area contributed by atoms with Crippen molar-refractivity contribution in [1.29, 1.82) is 0 Å². The first-order chi connectivity index (χ1) is 9.33. The zero-order valence-corrected chi connectivity index (χ0v) is 11.6. The van der Waals surface area contributed by atoms with Gasteiger partial charge in [-0.05, 0) is 25.0 Å². The number of sulfonamides is 1. The van der Waals surface area contributed by atoms with E-state index in [-0.39, 0.29) is 28.4 Å². The van der Waals surface area contributed by atoms with Gasteiger partial charge in [0.15, 0.2) is 0 Å². The lowest BCUT2D eigenvalue weighted by Crippen LogP contribution is -2.47. The number of hydrogen-bond acceptors (Lipinski definition) is 6. The molecule has 0 aromatic heterocycles. The second kappa shape index (κ2) is 5.35. The Hall–Kier alpha value is -1.71. The highest BCUT2D eigenvalue weighted by atomic mass is 32.2. The monoisotopic (exact) mass is 301 g/mol. The van der Waals surface area contributed by atoms with Gasteiger partial charge in [-0.15, -0.1) is 0 Å². The molecule has 1 aromatic rings. The molecule has 0 amide bonds. The molecule has 9 heteroatoms. The number of anilines is 1. The molecule has 1 saturated carbocycles. The first-order valence-corrected chi connectivity index (χ1v) is 7.41. The fourth-order valence-corrected chi connectivity index (χ4v) is 3.30. The van der Waals surface area contributed by atoms with Crippen molar-refractivity contribution < 1.29 is 18.1 Å². The number of nitrogen functional groups attached to an aromatic ring is 1. The molecule has 0 aliphatic heterocycles. The van der Waals surface area contributed by atoms with E-state index in [1.165, 1.54) is 6.07 Å². The van der Waals surface area contributed by atoms with E-state index < -0.39 is 14.9 Å². The molecule has 8 nitrogen and oxygen atoms in total. The summed E-state index contributed by atoms with van der Waals surface area (Å²) in [7, 11) is -2.15. The summed E-state index contributed by atoms with van der Waals surface area (Å²) < 4.78 is 31.8. The molecule has 0 atom stereocenters. The van der Waals surface area contributed by atoms with E-state index in [1.54, 1.807) is 7.11 Å². The third-order valence-electron chi connectivity index (χ3n) is 3.26. The smallest absolute Gasteiger partial charge is 0.292 e.